The lowest BCUT2D eigenvalue weighted by molar-refractivity contribution is 0.215. The van der Waals surface area contributed by atoms with Gasteiger partial charge in [-0.15, -0.1) is 0 Å². The van der Waals surface area contributed by atoms with Gasteiger partial charge < -0.3 is 5.11 Å². The summed E-state index contributed by atoms with van der Waals surface area (Å²) in [6.07, 6.45) is 4.12. The lowest BCUT2D eigenvalue weighted by Crippen LogP contribution is -2.03. The molecule has 0 aromatic heterocycles. The Hall–Kier alpha value is -0.0400. The van der Waals surface area contributed by atoms with Crippen molar-refractivity contribution in [2.45, 2.75) is 19.3 Å². The Kier molecular flexibility index (Phi) is 0.884. The predicted molar refractivity (Wildman–Crippen MR) is 31.4 cm³/mol. The lowest BCUT2D eigenvalue weighted by Gasteiger charge is -2.03. The normalized spacial score (nSPS) is 51.4. The monoisotopic (exact) mass is 112 g/mol. The second-order valence-electron chi connectivity index (χ2n) is 3.18. The van der Waals surface area contributed by atoms with Crippen molar-refractivity contribution in [1.29, 1.82) is 0 Å². The molecule has 3 atom stereocenters. The fourth-order valence-electron chi connectivity index (χ4n) is 2.05. The smallest absolute Gasteiger partial charge is 0.0462 e. The maximum absolute atomic E-state index is 8.76. The quantitative estimate of drug-likeness (QED) is 0.537. The summed E-state index contributed by atoms with van der Waals surface area (Å²) in [5.74, 6) is 2.67. The number of aliphatic hydroxyl groups is 1. The minimum atomic E-state index is 0.446. The third-order valence-electron chi connectivity index (χ3n) is 2.73. The van der Waals surface area contributed by atoms with E-state index in [4.69, 9.17) is 5.11 Å². The topological polar surface area (TPSA) is 20.2 Å². The largest absolute Gasteiger partial charge is 0.396 e. The molecule has 0 spiro atoms. The van der Waals surface area contributed by atoms with E-state index in [1.807, 2.05) is 0 Å². The van der Waals surface area contributed by atoms with Gasteiger partial charge in [-0.1, -0.05) is 0 Å². The molecule has 2 aliphatic carbocycles. The summed E-state index contributed by atoms with van der Waals surface area (Å²) in [4.78, 5) is 0. The van der Waals surface area contributed by atoms with Gasteiger partial charge in [0.15, 0.2) is 0 Å². The molecule has 0 aromatic rings. The fraction of sp³-hybridized carbons (Fsp3) is 1.00. The van der Waals surface area contributed by atoms with E-state index in [9.17, 15) is 0 Å². The molecule has 1 heteroatoms. The van der Waals surface area contributed by atoms with Crippen molar-refractivity contribution < 1.29 is 5.11 Å². The number of hydrogen-bond donors (Lipinski definition) is 1. The molecule has 3 unspecified atom stereocenters. The van der Waals surface area contributed by atoms with Crippen LogP contribution in [-0.2, 0) is 0 Å². The summed E-state index contributed by atoms with van der Waals surface area (Å²) >= 11 is 0. The first-order valence-electron chi connectivity index (χ1n) is 3.52. The number of aliphatic hydroxyl groups excluding tert-OH is 1. The summed E-state index contributed by atoms with van der Waals surface area (Å²) in [7, 11) is 0. The molecule has 2 rings (SSSR count). The summed E-state index contributed by atoms with van der Waals surface area (Å²) in [6, 6.07) is 0. The van der Waals surface area contributed by atoms with Gasteiger partial charge in [0.25, 0.3) is 0 Å². The first kappa shape index (κ1) is 4.80. The van der Waals surface area contributed by atoms with Gasteiger partial charge >= 0.3 is 0 Å². The van der Waals surface area contributed by atoms with Crippen molar-refractivity contribution in [2.24, 2.45) is 17.8 Å². The summed E-state index contributed by atoms with van der Waals surface area (Å²) in [6.45, 7) is 0.446. The molecule has 0 amide bonds. The Morgan fingerprint density at radius 1 is 1.38 bits per heavy atom. The van der Waals surface area contributed by atoms with Crippen LogP contribution >= 0.6 is 0 Å². The predicted octanol–water partition coefficient (Wildman–Crippen LogP) is 1.02. The van der Waals surface area contributed by atoms with Crippen LogP contribution in [0, 0.1) is 17.8 Å². The van der Waals surface area contributed by atoms with E-state index in [-0.39, 0.29) is 0 Å². The van der Waals surface area contributed by atoms with Gasteiger partial charge in [-0.3, -0.25) is 0 Å². The van der Waals surface area contributed by atoms with Gasteiger partial charge in [-0.05, 0) is 37.0 Å². The third-order valence-corrected chi connectivity index (χ3v) is 2.73. The molecule has 0 bridgehead atoms. The van der Waals surface area contributed by atoms with Crippen LogP contribution < -0.4 is 0 Å². The van der Waals surface area contributed by atoms with E-state index in [0.29, 0.717) is 12.5 Å². The minimum Gasteiger partial charge on any atom is -0.396 e. The molecule has 2 fully saturated rings. The summed E-state index contributed by atoms with van der Waals surface area (Å²) in [5.41, 5.74) is 0. The van der Waals surface area contributed by atoms with Crippen molar-refractivity contribution in [2.75, 3.05) is 6.61 Å². The molecule has 2 aliphatic rings. The molecule has 8 heavy (non-hydrogen) atoms. The van der Waals surface area contributed by atoms with E-state index in [1.165, 1.54) is 19.3 Å². The molecule has 0 heterocycles. The molecule has 1 N–H and O–H groups in total. The Bertz CT molecular complexity index is 101. The highest BCUT2D eigenvalue weighted by molar-refractivity contribution is 4.96. The highest BCUT2D eigenvalue weighted by atomic mass is 16.3. The minimum absolute atomic E-state index is 0.446. The van der Waals surface area contributed by atoms with Crippen LogP contribution in [0.5, 0.6) is 0 Å². The Morgan fingerprint density at radius 3 is 2.50 bits per heavy atom. The van der Waals surface area contributed by atoms with Gasteiger partial charge in [0.1, 0.15) is 0 Å². The Morgan fingerprint density at radius 2 is 2.25 bits per heavy atom. The first-order valence-corrected chi connectivity index (χ1v) is 3.52. The average molecular weight is 112 g/mol. The molecule has 46 valence electrons. The van der Waals surface area contributed by atoms with Gasteiger partial charge in [0.05, 0.1) is 0 Å². The number of rotatable bonds is 1. The third kappa shape index (κ3) is 0.510. The zero-order valence-electron chi connectivity index (χ0n) is 5.01. The molecule has 0 radical (unpaired) electrons. The van der Waals surface area contributed by atoms with E-state index in [0.717, 1.165) is 11.8 Å². The van der Waals surface area contributed by atoms with Crippen molar-refractivity contribution in [3.63, 3.8) is 0 Å². The number of fused-ring (bicyclic) bond motifs is 1. The van der Waals surface area contributed by atoms with Crippen LogP contribution in [0.15, 0.2) is 0 Å². The van der Waals surface area contributed by atoms with Crippen LogP contribution in [-0.4, -0.2) is 11.7 Å². The van der Waals surface area contributed by atoms with Crippen LogP contribution in [0.1, 0.15) is 19.3 Å². The van der Waals surface area contributed by atoms with Crippen molar-refractivity contribution in [3.8, 4) is 0 Å². The van der Waals surface area contributed by atoms with Crippen molar-refractivity contribution in [1.82, 2.24) is 0 Å². The van der Waals surface area contributed by atoms with E-state index in [1.54, 1.807) is 0 Å². The second-order valence-corrected chi connectivity index (χ2v) is 3.18. The fourth-order valence-corrected chi connectivity index (χ4v) is 2.05. The SMILES string of the molecule is OCC1CCC2CC12. The zero-order valence-corrected chi connectivity index (χ0v) is 5.01. The maximum Gasteiger partial charge on any atom is 0.0462 e. The van der Waals surface area contributed by atoms with Crippen molar-refractivity contribution >= 4 is 0 Å². The van der Waals surface area contributed by atoms with E-state index in [2.05, 4.69) is 0 Å². The molecule has 0 aromatic carbocycles. The molecular weight excluding hydrogens is 100 g/mol. The summed E-state index contributed by atoms with van der Waals surface area (Å²) < 4.78 is 0. The number of hydrogen-bond acceptors (Lipinski definition) is 1. The molecule has 0 saturated heterocycles. The van der Waals surface area contributed by atoms with Gasteiger partial charge in [-0.2, -0.15) is 0 Å². The zero-order chi connectivity index (χ0) is 5.56. The molecule has 2 saturated carbocycles. The van der Waals surface area contributed by atoms with Gasteiger partial charge in [0, 0.05) is 6.61 Å². The van der Waals surface area contributed by atoms with Crippen molar-refractivity contribution in [3.05, 3.63) is 0 Å². The van der Waals surface area contributed by atoms with Gasteiger partial charge in [-0.25, -0.2) is 0 Å². The van der Waals surface area contributed by atoms with Crippen LogP contribution in [0.25, 0.3) is 0 Å². The Labute approximate surface area is 49.7 Å². The highest BCUT2D eigenvalue weighted by Gasteiger charge is 2.47. The first-order chi connectivity index (χ1) is 3.92. The maximum atomic E-state index is 8.76. The van der Waals surface area contributed by atoms with E-state index < -0.39 is 0 Å². The Balaban J connectivity index is 1.97. The molecule has 1 nitrogen and oxygen atoms in total. The molecule has 0 aliphatic heterocycles. The summed E-state index contributed by atoms with van der Waals surface area (Å²) in [5, 5.41) is 8.76. The van der Waals surface area contributed by atoms with Gasteiger partial charge in [0.2, 0.25) is 0 Å². The average Bonchev–Trinajstić information content (AvgIpc) is 2.46. The highest BCUT2D eigenvalue weighted by Crippen LogP contribution is 2.54. The van der Waals surface area contributed by atoms with Crippen LogP contribution in [0.4, 0.5) is 0 Å². The molecular formula is C7H12O. The second kappa shape index (κ2) is 1.47. The van der Waals surface area contributed by atoms with Crippen LogP contribution in [0.2, 0.25) is 0 Å². The van der Waals surface area contributed by atoms with Crippen LogP contribution in [0.3, 0.4) is 0 Å². The van der Waals surface area contributed by atoms with E-state index >= 15 is 0 Å². The lowest BCUT2D eigenvalue weighted by atomic mass is 10.1. The standard InChI is InChI=1S/C7H12O/c8-4-6-2-1-5-3-7(5)6/h5-8H,1-4H2.